The van der Waals surface area contributed by atoms with Crippen LogP contribution in [0.2, 0.25) is 0 Å². The van der Waals surface area contributed by atoms with Gasteiger partial charge in [0.05, 0.1) is 24.8 Å². The minimum absolute atomic E-state index is 0.0186. The van der Waals surface area contributed by atoms with Crippen molar-refractivity contribution in [2.24, 2.45) is 0 Å². The van der Waals surface area contributed by atoms with Crippen LogP contribution in [0.4, 0.5) is 5.69 Å². The van der Waals surface area contributed by atoms with Gasteiger partial charge < -0.3 is 10.1 Å². The number of benzene rings is 2. The maximum absolute atomic E-state index is 12.7. The molecule has 1 atom stereocenters. The summed E-state index contributed by atoms with van der Waals surface area (Å²) in [6.45, 7) is 3.52. The first-order valence-corrected chi connectivity index (χ1v) is 10.7. The lowest BCUT2D eigenvalue weighted by Crippen LogP contribution is -2.31. The van der Waals surface area contributed by atoms with E-state index < -0.39 is 27.9 Å². The van der Waals surface area contributed by atoms with Crippen molar-refractivity contribution in [1.29, 1.82) is 0 Å². The van der Waals surface area contributed by atoms with Crippen molar-refractivity contribution < 1.29 is 22.7 Å². The second kappa shape index (κ2) is 9.36. The Bertz CT molecular complexity index is 927. The number of esters is 1. The van der Waals surface area contributed by atoms with Crippen LogP contribution in [0, 0.1) is 0 Å². The molecule has 0 aliphatic heterocycles. The molecule has 0 heterocycles. The molecule has 150 valence electrons. The molecule has 28 heavy (non-hydrogen) atoms. The highest BCUT2D eigenvalue weighted by Crippen LogP contribution is 2.19. The molecular weight excluding hydrogens is 380 g/mol. The van der Waals surface area contributed by atoms with Crippen LogP contribution >= 0.6 is 0 Å². The van der Waals surface area contributed by atoms with Gasteiger partial charge in [-0.3, -0.25) is 14.3 Å². The SMILES string of the molecule is CC(C)OC(=O)C[C@H](NC(=O)c1cccc(NS(C)(=O)=O)c1)c1ccccc1. The molecule has 0 saturated heterocycles. The van der Waals surface area contributed by atoms with Crippen LogP contribution in [0.15, 0.2) is 54.6 Å². The van der Waals surface area contributed by atoms with E-state index in [1.54, 1.807) is 32.0 Å². The number of sulfonamides is 1. The van der Waals surface area contributed by atoms with Crippen LogP contribution in [0.3, 0.4) is 0 Å². The van der Waals surface area contributed by atoms with Gasteiger partial charge in [-0.25, -0.2) is 8.42 Å². The average Bonchev–Trinajstić information content (AvgIpc) is 2.60. The Hall–Kier alpha value is -2.87. The zero-order chi connectivity index (χ0) is 20.7. The van der Waals surface area contributed by atoms with Crippen LogP contribution in [0.5, 0.6) is 0 Å². The summed E-state index contributed by atoms with van der Waals surface area (Å²) in [5.74, 6) is -0.847. The van der Waals surface area contributed by atoms with Crippen molar-refractivity contribution in [3.63, 3.8) is 0 Å². The molecule has 2 N–H and O–H groups in total. The molecule has 0 aliphatic carbocycles. The number of carbonyl (C=O) groups is 2. The summed E-state index contributed by atoms with van der Waals surface area (Å²) in [6.07, 6.45) is 0.763. The van der Waals surface area contributed by atoms with E-state index >= 15 is 0 Å². The number of amides is 1. The fourth-order valence-electron chi connectivity index (χ4n) is 2.59. The summed E-state index contributed by atoms with van der Waals surface area (Å²) < 4.78 is 30.3. The smallest absolute Gasteiger partial charge is 0.308 e. The Balaban J connectivity index is 2.20. The number of hydrogen-bond donors (Lipinski definition) is 2. The normalized spacial score (nSPS) is 12.3. The molecule has 0 unspecified atom stereocenters. The standard InChI is InChI=1S/C20H24N2O5S/c1-14(2)27-19(23)13-18(15-8-5-4-6-9-15)21-20(24)16-10-7-11-17(12-16)22-28(3,25)26/h4-12,14,18,22H,13H2,1-3H3,(H,21,24)/t18-/m0/s1. The number of ether oxygens (including phenoxy) is 1. The van der Waals surface area contributed by atoms with E-state index in [2.05, 4.69) is 10.0 Å². The predicted molar refractivity (Wildman–Crippen MR) is 107 cm³/mol. The molecule has 8 heteroatoms. The molecule has 0 spiro atoms. The van der Waals surface area contributed by atoms with Gasteiger partial charge in [0.15, 0.2) is 0 Å². The van der Waals surface area contributed by atoms with Crippen molar-refractivity contribution >= 4 is 27.6 Å². The maximum Gasteiger partial charge on any atom is 0.308 e. The van der Waals surface area contributed by atoms with Gasteiger partial charge in [0.25, 0.3) is 5.91 Å². The summed E-state index contributed by atoms with van der Waals surface area (Å²) in [4.78, 5) is 24.8. The molecule has 0 aromatic heterocycles. The van der Waals surface area contributed by atoms with Gasteiger partial charge in [-0.05, 0) is 37.6 Å². The highest BCUT2D eigenvalue weighted by molar-refractivity contribution is 7.92. The Labute approximate surface area is 165 Å². The zero-order valence-corrected chi connectivity index (χ0v) is 16.8. The summed E-state index contributed by atoms with van der Waals surface area (Å²) in [5.41, 5.74) is 1.32. The minimum atomic E-state index is -3.46. The van der Waals surface area contributed by atoms with E-state index in [-0.39, 0.29) is 23.8 Å². The molecule has 0 fully saturated rings. The van der Waals surface area contributed by atoms with Crippen molar-refractivity contribution in [3.8, 4) is 0 Å². The summed E-state index contributed by atoms with van der Waals surface area (Å²) >= 11 is 0. The van der Waals surface area contributed by atoms with Crippen molar-refractivity contribution in [3.05, 3.63) is 65.7 Å². The molecule has 0 saturated carbocycles. The molecule has 2 aromatic carbocycles. The van der Waals surface area contributed by atoms with Gasteiger partial charge in [-0.1, -0.05) is 36.4 Å². The maximum atomic E-state index is 12.7. The fourth-order valence-corrected chi connectivity index (χ4v) is 3.15. The lowest BCUT2D eigenvalue weighted by molar-refractivity contribution is -0.147. The van der Waals surface area contributed by atoms with Crippen molar-refractivity contribution in [2.75, 3.05) is 11.0 Å². The second-order valence-electron chi connectivity index (χ2n) is 6.63. The first-order valence-electron chi connectivity index (χ1n) is 8.77. The zero-order valence-electron chi connectivity index (χ0n) is 16.0. The van der Waals surface area contributed by atoms with Crippen LogP contribution in [0.1, 0.15) is 42.2 Å². The van der Waals surface area contributed by atoms with E-state index in [4.69, 9.17) is 4.74 Å². The molecule has 7 nitrogen and oxygen atoms in total. The van der Waals surface area contributed by atoms with E-state index in [1.807, 2.05) is 30.3 Å². The number of rotatable bonds is 8. The number of nitrogens with one attached hydrogen (secondary N) is 2. The van der Waals surface area contributed by atoms with Crippen LogP contribution in [-0.4, -0.2) is 32.7 Å². The molecule has 0 aliphatic rings. The van der Waals surface area contributed by atoms with Crippen LogP contribution in [0.25, 0.3) is 0 Å². The van der Waals surface area contributed by atoms with Gasteiger partial charge in [-0.2, -0.15) is 0 Å². The van der Waals surface area contributed by atoms with E-state index in [0.29, 0.717) is 0 Å². The van der Waals surface area contributed by atoms with E-state index in [1.165, 1.54) is 6.07 Å². The summed E-state index contributed by atoms with van der Waals surface area (Å²) in [5, 5.41) is 2.83. The summed E-state index contributed by atoms with van der Waals surface area (Å²) in [7, 11) is -3.46. The van der Waals surface area contributed by atoms with Gasteiger partial charge in [-0.15, -0.1) is 0 Å². The minimum Gasteiger partial charge on any atom is -0.463 e. The van der Waals surface area contributed by atoms with Gasteiger partial charge in [0.1, 0.15) is 0 Å². The Morgan fingerprint density at radius 2 is 1.71 bits per heavy atom. The van der Waals surface area contributed by atoms with E-state index in [9.17, 15) is 18.0 Å². The third-order valence-electron chi connectivity index (χ3n) is 3.67. The highest BCUT2D eigenvalue weighted by atomic mass is 32.2. The van der Waals surface area contributed by atoms with Crippen molar-refractivity contribution in [2.45, 2.75) is 32.4 Å². The molecule has 0 radical (unpaired) electrons. The monoisotopic (exact) mass is 404 g/mol. The van der Waals surface area contributed by atoms with Crippen molar-refractivity contribution in [1.82, 2.24) is 5.32 Å². The third-order valence-corrected chi connectivity index (χ3v) is 4.28. The fraction of sp³-hybridized carbons (Fsp3) is 0.300. The van der Waals surface area contributed by atoms with Crippen LogP contribution < -0.4 is 10.0 Å². The average molecular weight is 404 g/mol. The lowest BCUT2D eigenvalue weighted by atomic mass is 10.0. The number of carbonyl (C=O) groups excluding carboxylic acids is 2. The summed E-state index contributed by atoms with van der Waals surface area (Å²) in [6, 6.07) is 14.7. The number of anilines is 1. The molecular formula is C20H24N2O5S. The molecule has 1 amide bonds. The first kappa shape index (κ1) is 21.4. The first-order chi connectivity index (χ1) is 13.1. The third kappa shape index (κ3) is 7.03. The molecule has 0 bridgehead atoms. The molecule has 2 aromatic rings. The second-order valence-corrected chi connectivity index (χ2v) is 8.38. The van der Waals surface area contributed by atoms with Gasteiger partial charge in [0.2, 0.25) is 10.0 Å². The quantitative estimate of drug-likeness (QED) is 0.659. The largest absolute Gasteiger partial charge is 0.463 e. The van der Waals surface area contributed by atoms with Gasteiger partial charge >= 0.3 is 5.97 Å². The lowest BCUT2D eigenvalue weighted by Gasteiger charge is -2.19. The molecule has 2 rings (SSSR count). The topological polar surface area (TPSA) is 102 Å². The van der Waals surface area contributed by atoms with Gasteiger partial charge in [0, 0.05) is 11.3 Å². The van der Waals surface area contributed by atoms with Crippen LogP contribution in [-0.2, 0) is 19.6 Å². The Morgan fingerprint density at radius 3 is 2.32 bits per heavy atom. The highest BCUT2D eigenvalue weighted by Gasteiger charge is 2.21. The predicted octanol–water partition coefficient (Wildman–Crippen LogP) is 2.87. The number of hydrogen-bond acceptors (Lipinski definition) is 5. The van der Waals surface area contributed by atoms with E-state index in [0.717, 1.165) is 11.8 Å². The Kier molecular flexibility index (Phi) is 7.17. The Morgan fingerprint density at radius 1 is 1.04 bits per heavy atom.